The van der Waals surface area contributed by atoms with Gasteiger partial charge in [-0.2, -0.15) is 0 Å². The molecule has 130 heavy (non-hydrogen) atoms. The number of nitrogens with one attached hydrogen (secondary N) is 1. The number of fused-ring (bicyclic) bond motifs is 1. The van der Waals surface area contributed by atoms with Crippen LogP contribution in [-0.4, -0.2) is 371 Å². The van der Waals surface area contributed by atoms with Crippen LogP contribution in [-0.2, 0) is 144 Å². The normalized spacial score (nSPS) is 28.6. The van der Waals surface area contributed by atoms with Gasteiger partial charge in [0, 0.05) is 84.5 Å². The zero-order valence-electron chi connectivity index (χ0n) is 73.5. The van der Waals surface area contributed by atoms with Gasteiger partial charge in [-0.1, -0.05) is 52.4 Å². The molecule has 58 heteroatoms. The molecule has 2 aromatic heterocycles. The number of phosphoric acid groups is 5. The fraction of sp³-hybridized carbons (Fsp3) is 0.917. The van der Waals surface area contributed by atoms with Gasteiger partial charge in [-0.3, -0.25) is 59.2 Å². The lowest BCUT2D eigenvalue weighted by atomic mass is 9.92. The van der Waals surface area contributed by atoms with Gasteiger partial charge in [0.05, 0.1) is 124 Å². The van der Waals surface area contributed by atoms with Crippen molar-refractivity contribution in [3.05, 3.63) is 12.7 Å². The minimum Gasteiger partial charge on any atom is -0.394 e. The Balaban J connectivity index is 1.03. The van der Waals surface area contributed by atoms with Crippen molar-refractivity contribution in [2.75, 3.05) is 178 Å². The molecule has 4 aliphatic heterocycles. The first-order valence-electron chi connectivity index (χ1n) is 42.8. The van der Waals surface area contributed by atoms with Crippen molar-refractivity contribution in [2.45, 2.75) is 234 Å². The molecule has 0 radical (unpaired) electrons. The summed E-state index contributed by atoms with van der Waals surface area (Å²) in [6.07, 6.45) is -9.25. The molecule has 6 heterocycles. The second kappa shape index (κ2) is 59.9. The van der Waals surface area contributed by atoms with E-state index in [1.54, 1.807) is 13.8 Å². The quantitative estimate of drug-likeness (QED) is 0.0256. The summed E-state index contributed by atoms with van der Waals surface area (Å²) < 4.78 is 212. The molecular weight excluding hydrogens is 1870 g/mol. The Bertz CT molecular complexity index is 3700. The predicted molar refractivity (Wildman–Crippen MR) is 446 cm³/mol. The fourth-order valence-corrected chi connectivity index (χ4v) is 17.7. The molecule has 14 unspecified atom stereocenters. The first-order valence-corrected chi connectivity index (χ1v) is 52.3. The van der Waals surface area contributed by atoms with Crippen molar-refractivity contribution in [3.8, 4) is 0 Å². The number of anilines is 1. The third-order valence-electron chi connectivity index (χ3n) is 20.5. The maximum Gasteiger partial charge on any atom is 0.474 e. The average molecular weight is 2010 g/mol. The molecule has 52 nitrogen and oxygen atoms in total. The molecule has 4 aliphatic rings. The van der Waals surface area contributed by atoms with Crippen LogP contribution in [0.5, 0.6) is 0 Å². The maximum atomic E-state index is 13.8. The van der Waals surface area contributed by atoms with E-state index in [1.807, 2.05) is 0 Å². The van der Waals surface area contributed by atoms with Crippen molar-refractivity contribution < 1.29 is 219 Å². The Kier molecular flexibility index (Phi) is 53.6. The van der Waals surface area contributed by atoms with Crippen LogP contribution in [0.25, 0.3) is 11.2 Å². The van der Waals surface area contributed by atoms with Crippen LogP contribution in [0.3, 0.4) is 0 Å². The van der Waals surface area contributed by atoms with Gasteiger partial charge >= 0.3 is 46.7 Å². The summed E-state index contributed by atoms with van der Waals surface area (Å²) in [5.74, 6) is -2.31. The number of hydrogen-bond acceptors (Lipinski definition) is 44. The summed E-state index contributed by atoms with van der Waals surface area (Å²) in [6, 6.07) is -1.13. The number of amides is 1. The molecule has 25 atom stereocenters. The SMILES string of the molecule is COCC(COCOP(=O)(O)OCC(COCCCOP(=O)(O)OCCCCCCO[C@@H]1OC(CO)[C@H](O)[C@H](O)C1C)(COCCCOP(=O)(O)OCCCCCCO[C@@H]1OC(CO)[C@H](O)[C@H](O)C1C)OCCCCOP(=O)(O)OCCCCCCO[C@@H]1OC(CO)[C@H](O)[C@H](O)C1NC(C)=O)COCOP(=O)(O)OC1C[C@H](n2cnc3c(N)ncnc32)O[C@@H]1COP(C)(=O)O. The first kappa shape index (κ1) is 116. The highest BCUT2D eigenvalue weighted by molar-refractivity contribution is 7.52. The van der Waals surface area contributed by atoms with Gasteiger partial charge in [0.2, 0.25) is 5.91 Å². The zero-order chi connectivity index (χ0) is 95.6. The lowest BCUT2D eigenvalue weighted by molar-refractivity contribution is -0.282. The smallest absolute Gasteiger partial charge is 0.394 e. The number of hydrogen-bond donors (Lipinski definition) is 17. The number of imidazole rings is 1. The minimum absolute atomic E-state index is 0.0357. The Morgan fingerprint density at radius 1 is 0.485 bits per heavy atom. The van der Waals surface area contributed by atoms with Crippen molar-refractivity contribution >= 4 is 69.6 Å². The van der Waals surface area contributed by atoms with Gasteiger partial charge < -0.3 is 152 Å². The number of phosphoric ester groups is 5. The van der Waals surface area contributed by atoms with E-state index >= 15 is 0 Å². The highest BCUT2D eigenvalue weighted by Crippen LogP contribution is 2.51. The van der Waals surface area contributed by atoms with E-state index in [-0.39, 0.29) is 135 Å². The monoisotopic (exact) mass is 2010 g/mol. The molecule has 0 saturated carbocycles. The molecule has 0 aliphatic carbocycles. The molecule has 18 N–H and O–H groups in total. The van der Waals surface area contributed by atoms with E-state index < -0.39 is 247 Å². The third kappa shape index (κ3) is 43.2. The molecule has 2 aromatic rings. The zero-order valence-corrected chi connectivity index (χ0v) is 78.9. The predicted octanol–water partition coefficient (Wildman–Crippen LogP) is 1.95. The van der Waals surface area contributed by atoms with Gasteiger partial charge in [0.25, 0.3) is 0 Å². The molecular formula is C72H136N6O46P6. The summed E-state index contributed by atoms with van der Waals surface area (Å²) in [6.45, 7) is -3.08. The fourth-order valence-electron chi connectivity index (χ4n) is 13.4. The van der Waals surface area contributed by atoms with Gasteiger partial charge in [0.1, 0.15) is 84.7 Å². The molecule has 0 bridgehead atoms. The van der Waals surface area contributed by atoms with Gasteiger partial charge in [0.15, 0.2) is 43.9 Å². The third-order valence-corrected chi connectivity index (χ3v) is 26.0. The summed E-state index contributed by atoms with van der Waals surface area (Å²) >= 11 is 0. The molecule has 4 fully saturated rings. The van der Waals surface area contributed by atoms with Crippen molar-refractivity contribution in [1.82, 2.24) is 24.8 Å². The van der Waals surface area contributed by atoms with Crippen LogP contribution in [0.15, 0.2) is 12.7 Å². The lowest BCUT2D eigenvalue weighted by Gasteiger charge is -2.42. The number of aliphatic hydroxyl groups excluding tert-OH is 9. The van der Waals surface area contributed by atoms with E-state index in [9.17, 15) is 108 Å². The van der Waals surface area contributed by atoms with Gasteiger partial charge in [-0.15, -0.1) is 0 Å². The largest absolute Gasteiger partial charge is 0.474 e. The number of carbonyl (C=O) groups excluding carboxylic acids is 1. The minimum atomic E-state index is -5.20. The second-order valence-electron chi connectivity index (χ2n) is 31.3. The van der Waals surface area contributed by atoms with Crippen LogP contribution in [0.4, 0.5) is 5.82 Å². The summed E-state index contributed by atoms with van der Waals surface area (Å²) in [5, 5.41) is 92.9. The molecule has 4 saturated heterocycles. The van der Waals surface area contributed by atoms with Crippen LogP contribution >= 0.6 is 46.7 Å². The number of methoxy groups -OCH3 is 1. The van der Waals surface area contributed by atoms with Gasteiger partial charge in [-0.25, -0.2) is 37.8 Å². The molecule has 1 amide bonds. The standard InChI is InChI=1S/C72H136N6O46P6/c1-49-61(83)63(85)54(35-79)121-69(49)106-24-12-6-9-15-29-111-127(93,94)114-32-20-22-102-42-72(43-103-23-21-33-115-128(95,96)112-30-16-10-7-13-25-107-70-50(2)62(84)64(86)55(36-80)122-70,109-27-18-19-31-113-126(91,92)110-28-17-11-8-14-26-108-71-59(77-51(3)82)66(88)65(87)56(37-81)123-71)44-117-129(97,98)118-47-104-39-52(38-101-4)40-105-48-119-130(99,100)124-53-34-58(120-57(53)41-116-125(5,89)90)78-46-76-60-67(73)74-45-75-68(60)78/h45-46,49-50,52-59,61-66,69-71,79-81,83-88H,6-44,47-48H2,1-5H3,(H,77,82)(H,89,90)(H,91,92)(H,93,94)(H,95,96)(H,97,98)(H,99,100)(H2,73,74,75)/t49?,50?,52?,53?,54?,55?,56?,57-,58-,59?,61-,62-,63+,64+,65+,66-,69-,70-,71-,72?/m1/s1. The lowest BCUT2D eigenvalue weighted by Crippen LogP contribution is -2.64. The number of rotatable bonds is 73. The number of aliphatic hydroxyl groups is 9. The summed E-state index contributed by atoms with van der Waals surface area (Å²) in [7, 11) is -26.8. The van der Waals surface area contributed by atoms with Crippen LogP contribution in [0.2, 0.25) is 0 Å². The van der Waals surface area contributed by atoms with Crippen LogP contribution in [0.1, 0.15) is 136 Å². The van der Waals surface area contributed by atoms with Crippen LogP contribution in [0, 0.1) is 17.8 Å². The average Bonchev–Trinajstić information content (AvgIpc) is 1.65. The second-order valence-corrected chi connectivity index (χ2v) is 40.4. The first-order chi connectivity index (χ1) is 61.7. The number of ether oxygens (including phenoxy) is 13. The van der Waals surface area contributed by atoms with Crippen LogP contribution < -0.4 is 11.1 Å². The Labute approximate surface area is 753 Å². The number of aromatic nitrogens is 4. The highest BCUT2D eigenvalue weighted by atomic mass is 31.2. The van der Waals surface area contributed by atoms with E-state index in [1.165, 1.54) is 31.3 Å². The van der Waals surface area contributed by atoms with Crippen molar-refractivity contribution in [3.63, 3.8) is 0 Å². The Morgan fingerprint density at radius 3 is 1.35 bits per heavy atom. The summed E-state index contributed by atoms with van der Waals surface area (Å²) in [4.78, 5) is 87.6. The number of unbranched alkanes of at least 4 members (excludes halogenated alkanes) is 10. The molecule has 0 aromatic carbocycles. The maximum absolute atomic E-state index is 13.8. The van der Waals surface area contributed by atoms with E-state index in [2.05, 4.69) is 20.3 Å². The number of nitrogens with zero attached hydrogens (tertiary/aromatic N) is 4. The Morgan fingerprint density at radius 2 is 0.900 bits per heavy atom. The summed E-state index contributed by atoms with van der Waals surface area (Å²) in [5.41, 5.74) is 4.53. The van der Waals surface area contributed by atoms with E-state index in [4.69, 9.17) is 117 Å². The molecule has 760 valence electrons. The number of carbonyl (C=O) groups is 1. The van der Waals surface area contributed by atoms with Gasteiger partial charge in [-0.05, 0) is 64.2 Å². The molecule has 0 spiro atoms. The number of nitrogen functional groups attached to an aromatic ring is 1. The highest BCUT2D eigenvalue weighted by Gasteiger charge is 2.48. The molecule has 6 rings (SSSR count). The Hall–Kier alpha value is -2.36. The van der Waals surface area contributed by atoms with Crippen molar-refractivity contribution in [2.24, 2.45) is 17.8 Å². The topological polar surface area (TPSA) is 726 Å². The number of nitrogens with two attached hydrogens (primary N) is 1. The van der Waals surface area contributed by atoms with Crippen molar-refractivity contribution in [1.29, 1.82) is 0 Å². The van der Waals surface area contributed by atoms with E-state index in [0.717, 1.165) is 6.66 Å². The van der Waals surface area contributed by atoms with E-state index in [0.29, 0.717) is 77.0 Å².